The van der Waals surface area contributed by atoms with Gasteiger partial charge in [-0.05, 0) is 24.6 Å². The molecule has 1 aromatic heterocycles. The number of rotatable bonds is 5. The second kappa shape index (κ2) is 7.15. The molecule has 6 nitrogen and oxygen atoms in total. The zero-order chi connectivity index (χ0) is 17.1. The van der Waals surface area contributed by atoms with Crippen molar-refractivity contribution in [2.75, 3.05) is 12.1 Å². The van der Waals surface area contributed by atoms with Gasteiger partial charge in [-0.1, -0.05) is 30.1 Å². The molecular weight excluding hydrogens is 355 g/mol. The molecule has 0 spiro atoms. The summed E-state index contributed by atoms with van der Waals surface area (Å²) in [6, 6.07) is 6.65. The van der Waals surface area contributed by atoms with Crippen LogP contribution in [0.4, 0.5) is 5.82 Å². The number of amides is 1. The lowest BCUT2D eigenvalue weighted by atomic mass is 10.2. The second-order valence-corrected chi connectivity index (χ2v) is 5.85. The summed E-state index contributed by atoms with van der Waals surface area (Å²) in [7, 11) is 0. The maximum Gasteiger partial charge on any atom is 0.266 e. The molecule has 126 valence electrons. The largest absolute Gasteiger partial charge is 0.480 e. The van der Waals surface area contributed by atoms with Crippen molar-refractivity contribution in [1.82, 2.24) is 4.98 Å². The predicted molar refractivity (Wildman–Crippen MR) is 90.2 cm³/mol. The van der Waals surface area contributed by atoms with Crippen LogP contribution in [0.5, 0.6) is 17.2 Å². The van der Waals surface area contributed by atoms with Crippen molar-refractivity contribution in [3.8, 4) is 17.2 Å². The molecule has 1 aliphatic rings. The van der Waals surface area contributed by atoms with Crippen molar-refractivity contribution in [2.45, 2.75) is 19.4 Å². The first-order valence-corrected chi connectivity index (χ1v) is 8.00. The lowest BCUT2D eigenvalue weighted by Gasteiger charge is -2.17. The monoisotopic (exact) mass is 368 g/mol. The molecule has 3 rings (SSSR count). The van der Waals surface area contributed by atoms with Crippen LogP contribution in [0.15, 0.2) is 30.5 Å². The van der Waals surface area contributed by atoms with Crippen molar-refractivity contribution >= 4 is 34.9 Å². The van der Waals surface area contributed by atoms with Gasteiger partial charge in [-0.15, -0.1) is 0 Å². The third-order valence-electron chi connectivity index (χ3n) is 3.34. The van der Waals surface area contributed by atoms with Gasteiger partial charge in [0.05, 0.1) is 10.0 Å². The van der Waals surface area contributed by atoms with Crippen LogP contribution in [0.3, 0.4) is 0 Å². The highest BCUT2D eigenvalue weighted by Gasteiger charge is 2.22. The van der Waals surface area contributed by atoms with Crippen LogP contribution < -0.4 is 19.5 Å². The number of hydrogen-bond donors (Lipinski definition) is 1. The first-order valence-electron chi connectivity index (χ1n) is 7.25. The van der Waals surface area contributed by atoms with Crippen LogP contribution in [0.2, 0.25) is 10.0 Å². The standard InChI is InChI=1S/C16H14Cl2N2O4/c1-2-12(16(21)20-15-11(18)5-9(17)7-19-15)24-10-3-4-13-14(6-10)23-8-22-13/h3-7,12H,2,8H2,1H3,(H,19,20,21)/t12-/m1/s1. The second-order valence-electron chi connectivity index (χ2n) is 5.00. The number of fused-ring (bicyclic) bond motifs is 1. The zero-order valence-corrected chi connectivity index (χ0v) is 14.2. The summed E-state index contributed by atoms with van der Waals surface area (Å²) >= 11 is 11.8. The Kier molecular flexibility index (Phi) is 4.97. The van der Waals surface area contributed by atoms with Gasteiger partial charge >= 0.3 is 0 Å². The maximum absolute atomic E-state index is 12.4. The fraction of sp³-hybridized carbons (Fsp3) is 0.250. The minimum absolute atomic E-state index is 0.178. The number of pyridine rings is 1. The molecule has 1 N–H and O–H groups in total. The van der Waals surface area contributed by atoms with Gasteiger partial charge in [0.1, 0.15) is 5.75 Å². The van der Waals surface area contributed by atoms with Gasteiger partial charge in [-0.25, -0.2) is 4.98 Å². The fourth-order valence-corrected chi connectivity index (χ4v) is 2.57. The van der Waals surface area contributed by atoms with Crippen LogP contribution in [0.25, 0.3) is 0 Å². The van der Waals surface area contributed by atoms with Gasteiger partial charge in [0.25, 0.3) is 5.91 Å². The highest BCUT2D eigenvalue weighted by atomic mass is 35.5. The minimum Gasteiger partial charge on any atom is -0.480 e. The number of nitrogens with zero attached hydrogens (tertiary/aromatic N) is 1. The first kappa shape index (κ1) is 16.7. The smallest absolute Gasteiger partial charge is 0.266 e. The maximum atomic E-state index is 12.4. The van der Waals surface area contributed by atoms with E-state index in [1.165, 1.54) is 12.3 Å². The Bertz CT molecular complexity index is 770. The van der Waals surface area contributed by atoms with E-state index in [1.54, 1.807) is 18.2 Å². The van der Waals surface area contributed by atoms with E-state index in [2.05, 4.69) is 10.3 Å². The van der Waals surface area contributed by atoms with E-state index in [1.807, 2.05) is 6.92 Å². The number of carbonyl (C=O) groups is 1. The molecule has 1 atom stereocenters. The molecule has 2 heterocycles. The van der Waals surface area contributed by atoms with Crippen LogP contribution in [-0.4, -0.2) is 23.8 Å². The molecule has 1 aromatic carbocycles. The van der Waals surface area contributed by atoms with E-state index >= 15 is 0 Å². The molecule has 0 saturated heterocycles. The SMILES string of the molecule is CC[C@@H](Oc1ccc2c(c1)OCO2)C(=O)Nc1ncc(Cl)cc1Cl. The third-order valence-corrected chi connectivity index (χ3v) is 3.83. The molecule has 0 bridgehead atoms. The summed E-state index contributed by atoms with van der Waals surface area (Å²) in [5, 5.41) is 3.29. The predicted octanol–water partition coefficient (Wildman–Crippen LogP) is 3.91. The number of aromatic nitrogens is 1. The number of ether oxygens (including phenoxy) is 3. The Balaban J connectivity index is 1.70. The number of benzene rings is 1. The highest BCUT2D eigenvalue weighted by molar-refractivity contribution is 6.36. The number of anilines is 1. The Morgan fingerprint density at radius 2 is 2.12 bits per heavy atom. The fourth-order valence-electron chi connectivity index (χ4n) is 2.14. The van der Waals surface area contributed by atoms with Gasteiger partial charge in [-0.3, -0.25) is 4.79 Å². The van der Waals surface area contributed by atoms with Crippen molar-refractivity contribution in [3.05, 3.63) is 40.5 Å². The molecular formula is C16H14Cl2N2O4. The zero-order valence-electron chi connectivity index (χ0n) is 12.7. The molecule has 0 unspecified atom stereocenters. The summed E-state index contributed by atoms with van der Waals surface area (Å²) in [4.78, 5) is 16.4. The molecule has 1 amide bonds. The molecule has 0 radical (unpaired) electrons. The van der Waals surface area contributed by atoms with E-state index < -0.39 is 6.10 Å². The van der Waals surface area contributed by atoms with Crippen molar-refractivity contribution < 1.29 is 19.0 Å². The number of halogens is 2. The van der Waals surface area contributed by atoms with E-state index in [0.717, 1.165) is 0 Å². The molecule has 0 aliphatic carbocycles. The minimum atomic E-state index is -0.709. The summed E-state index contributed by atoms with van der Waals surface area (Å²) < 4.78 is 16.3. The van der Waals surface area contributed by atoms with Crippen LogP contribution in [0.1, 0.15) is 13.3 Å². The summed E-state index contributed by atoms with van der Waals surface area (Å²) in [5.41, 5.74) is 0. The van der Waals surface area contributed by atoms with Crippen LogP contribution in [-0.2, 0) is 4.79 Å². The van der Waals surface area contributed by atoms with Crippen LogP contribution >= 0.6 is 23.2 Å². The van der Waals surface area contributed by atoms with E-state index in [-0.39, 0.29) is 23.5 Å². The molecule has 0 fully saturated rings. The summed E-state index contributed by atoms with van der Waals surface area (Å²) in [5.74, 6) is 1.63. The third kappa shape index (κ3) is 3.66. The normalized spacial score (nSPS) is 13.5. The first-order chi connectivity index (χ1) is 11.6. The Labute approximate surface area is 148 Å². The lowest BCUT2D eigenvalue weighted by molar-refractivity contribution is -0.122. The van der Waals surface area contributed by atoms with Gasteiger partial charge in [0, 0.05) is 12.3 Å². The Morgan fingerprint density at radius 1 is 1.33 bits per heavy atom. The lowest BCUT2D eigenvalue weighted by Crippen LogP contribution is -2.32. The number of nitrogens with one attached hydrogen (secondary N) is 1. The molecule has 0 saturated carbocycles. The van der Waals surface area contributed by atoms with Gasteiger partial charge in [0.15, 0.2) is 23.4 Å². The Morgan fingerprint density at radius 3 is 2.88 bits per heavy atom. The summed E-state index contributed by atoms with van der Waals surface area (Å²) in [6.45, 7) is 2.02. The van der Waals surface area contributed by atoms with Crippen molar-refractivity contribution in [2.24, 2.45) is 0 Å². The molecule has 24 heavy (non-hydrogen) atoms. The number of carbonyl (C=O) groups excluding carboxylic acids is 1. The average molecular weight is 369 g/mol. The summed E-state index contributed by atoms with van der Waals surface area (Å²) in [6.07, 6.45) is 1.16. The van der Waals surface area contributed by atoms with E-state index in [9.17, 15) is 4.79 Å². The topological polar surface area (TPSA) is 69.7 Å². The highest BCUT2D eigenvalue weighted by Crippen LogP contribution is 2.35. The molecule has 2 aromatic rings. The molecule has 1 aliphatic heterocycles. The number of hydrogen-bond acceptors (Lipinski definition) is 5. The molecule has 8 heteroatoms. The van der Waals surface area contributed by atoms with E-state index in [4.69, 9.17) is 37.4 Å². The van der Waals surface area contributed by atoms with Gasteiger partial charge < -0.3 is 19.5 Å². The van der Waals surface area contributed by atoms with Crippen LogP contribution in [0, 0.1) is 0 Å². The van der Waals surface area contributed by atoms with Gasteiger partial charge in [-0.2, -0.15) is 0 Å². The average Bonchev–Trinajstić information content (AvgIpc) is 3.02. The quantitative estimate of drug-likeness (QED) is 0.865. The van der Waals surface area contributed by atoms with E-state index in [0.29, 0.717) is 28.7 Å². The van der Waals surface area contributed by atoms with Crippen molar-refractivity contribution in [3.63, 3.8) is 0 Å². The van der Waals surface area contributed by atoms with Crippen molar-refractivity contribution in [1.29, 1.82) is 0 Å². The van der Waals surface area contributed by atoms with Gasteiger partial charge in [0.2, 0.25) is 6.79 Å². The Hall–Kier alpha value is -2.18.